The average Bonchev–Trinajstić information content (AvgIpc) is 2.70. The number of nitrogens with one attached hydrogen (secondary N) is 1. The van der Waals surface area contributed by atoms with Gasteiger partial charge in [-0.1, -0.05) is 18.2 Å². The number of hydrogen-bond acceptors (Lipinski definition) is 9. The summed E-state index contributed by atoms with van der Waals surface area (Å²) >= 11 is 0. The third kappa shape index (κ3) is 6.77. The molecule has 1 unspecified atom stereocenters. The molecular formula is C20H22N2O9. The predicted molar refractivity (Wildman–Crippen MR) is 106 cm³/mol. The summed E-state index contributed by atoms with van der Waals surface area (Å²) < 4.78 is 10.2. The van der Waals surface area contributed by atoms with Gasteiger partial charge >= 0.3 is 12.1 Å². The number of phenolic OH excluding ortho intramolecular Hbond substituents is 2. The Bertz CT molecular complexity index is 946. The van der Waals surface area contributed by atoms with Gasteiger partial charge in [-0.25, -0.2) is 9.59 Å². The van der Waals surface area contributed by atoms with Crippen LogP contribution in [0.2, 0.25) is 0 Å². The number of aromatic hydroxyl groups is 2. The Balaban J connectivity index is 2.10. The molecule has 2 aromatic carbocycles. The summed E-state index contributed by atoms with van der Waals surface area (Å²) in [4.78, 5) is 39.4. The smallest absolute Gasteiger partial charge is 0.413 e. The zero-order valence-electron chi connectivity index (χ0n) is 16.9. The first-order valence-corrected chi connectivity index (χ1v) is 9.17. The number of phenols is 2. The monoisotopic (exact) mass is 434 g/mol. The highest BCUT2D eigenvalue weighted by Crippen LogP contribution is 2.27. The van der Waals surface area contributed by atoms with Crippen LogP contribution in [0.1, 0.15) is 25.0 Å². The van der Waals surface area contributed by atoms with Gasteiger partial charge in [0.25, 0.3) is 5.09 Å². The SMILES string of the molecule is CCOC(=O)C(C)(Cc1ccc(O)c(O)c1)NC(=O)Oc1ccc(CO[N+](=O)[O-])cc1. The van der Waals surface area contributed by atoms with E-state index in [-0.39, 0.29) is 36.9 Å². The molecule has 31 heavy (non-hydrogen) atoms. The first-order valence-electron chi connectivity index (χ1n) is 9.17. The van der Waals surface area contributed by atoms with E-state index in [2.05, 4.69) is 10.2 Å². The van der Waals surface area contributed by atoms with Crippen LogP contribution < -0.4 is 10.1 Å². The number of rotatable bonds is 9. The van der Waals surface area contributed by atoms with Crippen LogP contribution in [0.3, 0.4) is 0 Å². The molecule has 0 aromatic heterocycles. The van der Waals surface area contributed by atoms with Gasteiger partial charge in [0, 0.05) is 6.42 Å². The first kappa shape index (κ1) is 23.3. The van der Waals surface area contributed by atoms with Crippen molar-refractivity contribution in [3.8, 4) is 17.2 Å². The number of carbonyl (C=O) groups is 2. The molecule has 2 aromatic rings. The Kier molecular flexibility index (Phi) is 7.61. The molecule has 0 aliphatic carbocycles. The van der Waals surface area contributed by atoms with Crippen molar-refractivity contribution in [3.63, 3.8) is 0 Å². The fraction of sp³-hybridized carbons (Fsp3) is 0.300. The Morgan fingerprint density at radius 3 is 2.32 bits per heavy atom. The van der Waals surface area contributed by atoms with E-state index >= 15 is 0 Å². The summed E-state index contributed by atoms with van der Waals surface area (Å²) in [7, 11) is 0. The van der Waals surface area contributed by atoms with Gasteiger partial charge in [0.05, 0.1) is 6.61 Å². The van der Waals surface area contributed by atoms with Crippen LogP contribution in [0.5, 0.6) is 17.2 Å². The second-order valence-electron chi connectivity index (χ2n) is 6.71. The second kappa shape index (κ2) is 10.1. The lowest BCUT2D eigenvalue weighted by molar-refractivity contribution is -0.763. The largest absolute Gasteiger partial charge is 0.504 e. The van der Waals surface area contributed by atoms with Crippen LogP contribution in [-0.2, 0) is 27.4 Å². The molecule has 0 radical (unpaired) electrons. The lowest BCUT2D eigenvalue weighted by atomic mass is 9.92. The lowest BCUT2D eigenvalue weighted by Crippen LogP contribution is -2.55. The van der Waals surface area contributed by atoms with E-state index in [1.807, 2.05) is 0 Å². The van der Waals surface area contributed by atoms with E-state index in [1.54, 1.807) is 6.92 Å². The zero-order valence-corrected chi connectivity index (χ0v) is 16.9. The van der Waals surface area contributed by atoms with Crippen LogP contribution >= 0.6 is 0 Å². The summed E-state index contributed by atoms with van der Waals surface area (Å²) in [5.41, 5.74) is -0.579. The highest BCUT2D eigenvalue weighted by atomic mass is 16.9. The van der Waals surface area contributed by atoms with Gasteiger partial charge in [-0.05, 0) is 49.2 Å². The number of carbonyl (C=O) groups excluding carboxylic acids is 2. The van der Waals surface area contributed by atoms with Crippen molar-refractivity contribution in [2.24, 2.45) is 0 Å². The molecule has 0 saturated heterocycles. The van der Waals surface area contributed by atoms with Crippen molar-refractivity contribution < 1.29 is 39.2 Å². The minimum atomic E-state index is -1.53. The van der Waals surface area contributed by atoms with E-state index in [1.165, 1.54) is 49.4 Å². The Morgan fingerprint density at radius 1 is 1.10 bits per heavy atom. The summed E-state index contributed by atoms with van der Waals surface area (Å²) in [6, 6.07) is 9.82. The van der Waals surface area contributed by atoms with Gasteiger partial charge < -0.3 is 29.8 Å². The van der Waals surface area contributed by atoms with E-state index < -0.39 is 22.7 Å². The molecule has 0 bridgehead atoms. The van der Waals surface area contributed by atoms with Crippen molar-refractivity contribution >= 4 is 12.1 Å². The van der Waals surface area contributed by atoms with Crippen molar-refractivity contribution in [3.05, 3.63) is 63.7 Å². The maximum absolute atomic E-state index is 12.5. The Labute approximate surface area is 177 Å². The van der Waals surface area contributed by atoms with Gasteiger partial charge in [-0.15, -0.1) is 10.1 Å². The number of benzene rings is 2. The first-order chi connectivity index (χ1) is 14.6. The van der Waals surface area contributed by atoms with Gasteiger partial charge in [-0.3, -0.25) is 0 Å². The van der Waals surface area contributed by atoms with Crippen LogP contribution in [0.25, 0.3) is 0 Å². The minimum Gasteiger partial charge on any atom is -0.504 e. The molecule has 0 aliphatic heterocycles. The minimum absolute atomic E-state index is 0.0497. The molecule has 0 aliphatic rings. The fourth-order valence-electron chi connectivity index (χ4n) is 2.68. The third-order valence-electron chi connectivity index (χ3n) is 4.17. The molecule has 11 nitrogen and oxygen atoms in total. The second-order valence-corrected chi connectivity index (χ2v) is 6.71. The summed E-state index contributed by atoms with van der Waals surface area (Å²) in [5, 5.41) is 30.9. The highest BCUT2D eigenvalue weighted by Gasteiger charge is 2.37. The van der Waals surface area contributed by atoms with Crippen LogP contribution in [-0.4, -0.2) is 39.5 Å². The predicted octanol–water partition coefficient (Wildman–Crippen LogP) is 2.46. The molecule has 0 saturated carbocycles. The molecule has 1 amide bonds. The third-order valence-corrected chi connectivity index (χ3v) is 4.17. The number of amides is 1. The van der Waals surface area contributed by atoms with Gasteiger partial charge in [0.2, 0.25) is 0 Å². The lowest BCUT2D eigenvalue weighted by Gasteiger charge is -2.28. The van der Waals surface area contributed by atoms with Crippen molar-refractivity contribution in [1.82, 2.24) is 5.32 Å². The van der Waals surface area contributed by atoms with E-state index in [0.29, 0.717) is 11.1 Å². The topological polar surface area (TPSA) is 157 Å². The van der Waals surface area contributed by atoms with Crippen molar-refractivity contribution in [1.29, 1.82) is 0 Å². The number of ether oxygens (including phenoxy) is 2. The van der Waals surface area contributed by atoms with Gasteiger partial charge in [-0.2, -0.15) is 0 Å². The van der Waals surface area contributed by atoms with Crippen LogP contribution in [0, 0.1) is 10.1 Å². The Hall–Kier alpha value is -4.02. The zero-order chi connectivity index (χ0) is 23.0. The van der Waals surface area contributed by atoms with E-state index in [0.717, 1.165) is 0 Å². The fourth-order valence-corrected chi connectivity index (χ4v) is 2.68. The average molecular weight is 434 g/mol. The maximum atomic E-state index is 12.5. The molecule has 166 valence electrons. The molecule has 11 heteroatoms. The van der Waals surface area contributed by atoms with Crippen LogP contribution in [0.4, 0.5) is 4.79 Å². The maximum Gasteiger partial charge on any atom is 0.413 e. The van der Waals surface area contributed by atoms with Crippen molar-refractivity contribution in [2.75, 3.05) is 6.61 Å². The normalized spacial score (nSPS) is 12.3. The molecular weight excluding hydrogens is 412 g/mol. The summed E-state index contributed by atoms with van der Waals surface area (Å²) in [5.74, 6) is -1.27. The molecule has 0 heterocycles. The van der Waals surface area contributed by atoms with Gasteiger partial charge in [0.15, 0.2) is 11.5 Å². The summed E-state index contributed by atoms with van der Waals surface area (Å²) in [6.07, 6.45) is -0.987. The van der Waals surface area contributed by atoms with E-state index in [4.69, 9.17) is 9.47 Å². The quantitative estimate of drug-likeness (QED) is 0.233. The molecule has 1 atom stereocenters. The summed E-state index contributed by atoms with van der Waals surface area (Å²) in [6.45, 7) is 2.89. The number of hydrogen-bond donors (Lipinski definition) is 3. The molecule has 2 rings (SSSR count). The number of nitrogens with zero attached hydrogens (tertiary/aromatic N) is 1. The van der Waals surface area contributed by atoms with Crippen LogP contribution in [0.15, 0.2) is 42.5 Å². The number of esters is 1. The standard InChI is InChI=1S/C20H22N2O9/c1-3-29-18(25)20(2,11-14-6-9-16(23)17(24)10-14)21-19(26)31-15-7-4-13(5-8-15)12-30-22(27)28/h4-10,23-24H,3,11-12H2,1-2H3,(H,21,26). The molecule has 0 spiro atoms. The molecule has 3 N–H and O–H groups in total. The van der Waals surface area contributed by atoms with E-state index in [9.17, 15) is 29.9 Å². The molecule has 0 fully saturated rings. The highest BCUT2D eigenvalue weighted by molar-refractivity contribution is 5.86. The van der Waals surface area contributed by atoms with Gasteiger partial charge in [0.1, 0.15) is 17.9 Å². The van der Waals surface area contributed by atoms with Crippen molar-refractivity contribution in [2.45, 2.75) is 32.4 Å². The Morgan fingerprint density at radius 2 is 1.74 bits per heavy atom.